The Kier molecular flexibility index (Phi) is 2.82. The molecule has 1 aliphatic rings. The van der Waals surface area contributed by atoms with Gasteiger partial charge in [0.15, 0.2) is 0 Å². The van der Waals surface area contributed by atoms with Crippen LogP contribution in [0.25, 0.3) is 10.9 Å². The van der Waals surface area contributed by atoms with Gasteiger partial charge < -0.3 is 5.73 Å². The summed E-state index contributed by atoms with van der Waals surface area (Å²) in [6.07, 6.45) is 3.27. The highest BCUT2D eigenvalue weighted by molar-refractivity contribution is 7.92. The lowest BCUT2D eigenvalue weighted by Crippen LogP contribution is -2.38. The average molecular weight is 277 g/mol. The van der Waals surface area contributed by atoms with Crippen LogP contribution in [0, 0.1) is 0 Å². The van der Waals surface area contributed by atoms with Crippen molar-refractivity contribution in [2.75, 3.05) is 22.3 Å². The first kappa shape index (κ1) is 12.2. The van der Waals surface area contributed by atoms with Gasteiger partial charge in [0.1, 0.15) is 0 Å². The molecule has 1 aliphatic heterocycles. The summed E-state index contributed by atoms with van der Waals surface area (Å²) < 4.78 is 25.9. The number of rotatable bonds is 1. The zero-order valence-electron chi connectivity index (χ0n) is 10.4. The Labute approximate surface area is 112 Å². The van der Waals surface area contributed by atoms with Gasteiger partial charge in [-0.3, -0.25) is 9.29 Å². The van der Waals surface area contributed by atoms with Crippen LogP contribution in [0.1, 0.15) is 12.8 Å². The van der Waals surface area contributed by atoms with E-state index in [2.05, 4.69) is 4.98 Å². The van der Waals surface area contributed by atoms with Gasteiger partial charge in [-0.25, -0.2) is 8.42 Å². The van der Waals surface area contributed by atoms with Crippen molar-refractivity contribution in [1.82, 2.24) is 4.98 Å². The first-order chi connectivity index (χ1) is 9.09. The van der Waals surface area contributed by atoms with Gasteiger partial charge in [0.25, 0.3) is 0 Å². The molecule has 19 heavy (non-hydrogen) atoms. The van der Waals surface area contributed by atoms with Crippen LogP contribution >= 0.6 is 0 Å². The molecule has 2 N–H and O–H groups in total. The minimum absolute atomic E-state index is 0.207. The Morgan fingerprint density at radius 2 is 2.05 bits per heavy atom. The van der Waals surface area contributed by atoms with E-state index in [9.17, 15) is 8.42 Å². The van der Waals surface area contributed by atoms with Crippen LogP contribution in [0.15, 0.2) is 30.5 Å². The smallest absolute Gasteiger partial charge is 0.235 e. The highest BCUT2D eigenvalue weighted by Crippen LogP contribution is 2.32. The number of nitrogens with two attached hydrogens (primary N) is 1. The summed E-state index contributed by atoms with van der Waals surface area (Å²) in [7, 11) is -3.22. The van der Waals surface area contributed by atoms with Gasteiger partial charge in [0.2, 0.25) is 10.0 Å². The molecule has 0 amide bonds. The van der Waals surface area contributed by atoms with Gasteiger partial charge in [0.05, 0.1) is 22.6 Å². The number of hydrogen-bond acceptors (Lipinski definition) is 4. The second-order valence-electron chi connectivity index (χ2n) is 4.67. The normalized spacial score (nSPS) is 18.6. The Hall–Kier alpha value is -1.82. The first-order valence-corrected chi connectivity index (χ1v) is 7.84. The maximum atomic E-state index is 12.2. The van der Waals surface area contributed by atoms with Gasteiger partial charge in [-0.05, 0) is 37.1 Å². The fourth-order valence-corrected chi connectivity index (χ4v) is 4.11. The molecule has 1 saturated heterocycles. The van der Waals surface area contributed by atoms with Crippen LogP contribution in [-0.2, 0) is 10.0 Å². The lowest BCUT2D eigenvalue weighted by atomic mass is 10.1. The van der Waals surface area contributed by atoms with E-state index in [1.54, 1.807) is 24.4 Å². The number of pyridine rings is 1. The molecule has 0 unspecified atom stereocenters. The number of nitrogens with zero attached hydrogens (tertiary/aromatic N) is 2. The molecule has 1 fully saturated rings. The van der Waals surface area contributed by atoms with Crippen molar-refractivity contribution in [3.8, 4) is 0 Å². The van der Waals surface area contributed by atoms with Crippen LogP contribution in [0.5, 0.6) is 0 Å². The lowest BCUT2D eigenvalue weighted by molar-refractivity contribution is 0.575. The lowest BCUT2D eigenvalue weighted by Gasteiger charge is -2.29. The molecule has 1 aromatic carbocycles. The topological polar surface area (TPSA) is 76.3 Å². The van der Waals surface area contributed by atoms with E-state index in [0.717, 1.165) is 18.2 Å². The number of aromatic nitrogens is 1. The van der Waals surface area contributed by atoms with E-state index in [-0.39, 0.29) is 5.75 Å². The molecule has 100 valence electrons. The summed E-state index contributed by atoms with van der Waals surface area (Å²) >= 11 is 0. The summed E-state index contributed by atoms with van der Waals surface area (Å²) in [6.45, 7) is 0.524. The second kappa shape index (κ2) is 4.38. The van der Waals surface area contributed by atoms with Gasteiger partial charge >= 0.3 is 0 Å². The van der Waals surface area contributed by atoms with Crippen molar-refractivity contribution in [1.29, 1.82) is 0 Å². The van der Waals surface area contributed by atoms with Crippen LogP contribution in [-0.4, -0.2) is 25.7 Å². The zero-order valence-corrected chi connectivity index (χ0v) is 11.2. The van der Waals surface area contributed by atoms with Crippen LogP contribution in [0.2, 0.25) is 0 Å². The fraction of sp³-hybridized carbons (Fsp3) is 0.308. The molecule has 2 heterocycles. The SMILES string of the molecule is Nc1ccc(N2CCCCS2(=O)=O)c2cccnc12. The molecule has 2 aromatic rings. The zero-order chi connectivity index (χ0) is 13.5. The third-order valence-corrected chi connectivity index (χ3v) is 5.25. The van der Waals surface area contributed by atoms with Crippen molar-refractivity contribution in [3.63, 3.8) is 0 Å². The maximum Gasteiger partial charge on any atom is 0.235 e. The fourth-order valence-electron chi connectivity index (χ4n) is 2.46. The van der Waals surface area contributed by atoms with Crippen molar-refractivity contribution >= 4 is 32.3 Å². The predicted molar refractivity (Wildman–Crippen MR) is 76.5 cm³/mol. The van der Waals surface area contributed by atoms with E-state index in [4.69, 9.17) is 5.73 Å². The third kappa shape index (κ3) is 2.02. The van der Waals surface area contributed by atoms with Gasteiger partial charge in [-0.15, -0.1) is 0 Å². The molecule has 1 aromatic heterocycles. The van der Waals surface area contributed by atoms with Gasteiger partial charge in [-0.1, -0.05) is 0 Å². The summed E-state index contributed by atoms with van der Waals surface area (Å²) in [5, 5.41) is 0.785. The minimum Gasteiger partial charge on any atom is -0.397 e. The quantitative estimate of drug-likeness (QED) is 0.806. The van der Waals surface area contributed by atoms with E-state index >= 15 is 0 Å². The van der Waals surface area contributed by atoms with Crippen molar-refractivity contribution in [3.05, 3.63) is 30.5 Å². The average Bonchev–Trinajstić information content (AvgIpc) is 2.40. The van der Waals surface area contributed by atoms with Crippen molar-refractivity contribution < 1.29 is 8.42 Å². The number of nitrogen functional groups attached to an aromatic ring is 1. The second-order valence-corrected chi connectivity index (χ2v) is 6.68. The van der Waals surface area contributed by atoms with Crippen LogP contribution in [0.4, 0.5) is 11.4 Å². The third-order valence-electron chi connectivity index (χ3n) is 3.40. The number of sulfonamides is 1. The number of fused-ring (bicyclic) bond motifs is 1. The molecular formula is C13H15N3O2S. The number of anilines is 2. The molecule has 0 spiro atoms. The molecule has 0 aliphatic carbocycles. The number of hydrogen-bond donors (Lipinski definition) is 1. The van der Waals surface area contributed by atoms with E-state index in [0.29, 0.717) is 23.4 Å². The summed E-state index contributed by atoms with van der Waals surface area (Å²) in [6, 6.07) is 7.14. The van der Waals surface area contributed by atoms with E-state index in [1.807, 2.05) is 6.07 Å². The standard InChI is InChI=1S/C13H15N3O2S/c14-11-5-6-12(10-4-3-7-15-13(10)11)16-8-1-2-9-19(16,17)18/h3-7H,1-2,8-9,14H2. The van der Waals surface area contributed by atoms with Crippen LogP contribution < -0.4 is 10.0 Å². The Balaban J connectivity index is 2.23. The number of benzene rings is 1. The Morgan fingerprint density at radius 1 is 1.21 bits per heavy atom. The largest absolute Gasteiger partial charge is 0.397 e. The Bertz CT molecular complexity index is 728. The molecule has 5 nitrogen and oxygen atoms in total. The predicted octanol–water partition coefficient (Wildman–Crippen LogP) is 1.75. The summed E-state index contributed by atoms with van der Waals surface area (Å²) in [5.74, 6) is 0.207. The highest BCUT2D eigenvalue weighted by Gasteiger charge is 2.27. The Morgan fingerprint density at radius 3 is 2.84 bits per heavy atom. The van der Waals surface area contributed by atoms with Crippen LogP contribution in [0.3, 0.4) is 0 Å². The van der Waals surface area contributed by atoms with Crippen molar-refractivity contribution in [2.45, 2.75) is 12.8 Å². The maximum absolute atomic E-state index is 12.2. The molecule has 0 bridgehead atoms. The molecule has 6 heteroatoms. The monoisotopic (exact) mass is 277 g/mol. The van der Waals surface area contributed by atoms with E-state index < -0.39 is 10.0 Å². The molecular weight excluding hydrogens is 262 g/mol. The minimum atomic E-state index is -3.22. The van der Waals surface area contributed by atoms with Gasteiger partial charge in [-0.2, -0.15) is 0 Å². The van der Waals surface area contributed by atoms with E-state index in [1.165, 1.54) is 4.31 Å². The molecule has 3 rings (SSSR count). The first-order valence-electron chi connectivity index (χ1n) is 6.23. The highest BCUT2D eigenvalue weighted by atomic mass is 32.2. The van der Waals surface area contributed by atoms with Gasteiger partial charge in [0, 0.05) is 18.1 Å². The molecule has 0 saturated carbocycles. The van der Waals surface area contributed by atoms with Crippen molar-refractivity contribution in [2.24, 2.45) is 0 Å². The summed E-state index contributed by atoms with van der Waals surface area (Å²) in [4.78, 5) is 4.24. The summed E-state index contributed by atoms with van der Waals surface area (Å²) in [5.41, 5.74) is 7.79. The molecule has 0 radical (unpaired) electrons. The molecule has 0 atom stereocenters.